The number of para-hydroxylation sites is 1. The number of methoxy groups -OCH3 is 1. The van der Waals surface area contributed by atoms with Gasteiger partial charge in [0.05, 0.1) is 19.0 Å². The van der Waals surface area contributed by atoms with Crippen molar-refractivity contribution in [1.82, 2.24) is 24.8 Å². The third-order valence-electron chi connectivity index (χ3n) is 3.92. The molecule has 3 rings (SSSR count). The molecule has 8 heteroatoms. The second-order valence-electron chi connectivity index (χ2n) is 5.67. The second-order valence-corrected chi connectivity index (χ2v) is 5.67. The van der Waals surface area contributed by atoms with Crippen LogP contribution in [0.3, 0.4) is 0 Å². The summed E-state index contributed by atoms with van der Waals surface area (Å²) >= 11 is 0. The topological polar surface area (TPSA) is 86.9 Å². The van der Waals surface area contributed by atoms with E-state index < -0.39 is 0 Å². The predicted octanol–water partition coefficient (Wildman–Crippen LogP) is 1.94. The van der Waals surface area contributed by atoms with Crippen LogP contribution in [0.2, 0.25) is 0 Å². The molecular weight excluding hydrogens is 320 g/mol. The zero-order chi connectivity index (χ0) is 18.0. The van der Waals surface area contributed by atoms with E-state index in [4.69, 9.17) is 4.74 Å². The number of benzene rings is 1. The highest BCUT2D eigenvalue weighted by Gasteiger charge is 2.18. The van der Waals surface area contributed by atoms with Gasteiger partial charge in [-0.1, -0.05) is 18.2 Å². The Labute approximate surface area is 145 Å². The van der Waals surface area contributed by atoms with E-state index in [9.17, 15) is 4.79 Å². The summed E-state index contributed by atoms with van der Waals surface area (Å²) in [7, 11) is 3.33. The molecule has 1 amide bonds. The number of hydrogen-bond acceptors (Lipinski definition) is 5. The Kier molecular flexibility index (Phi) is 4.51. The molecule has 1 aromatic carbocycles. The van der Waals surface area contributed by atoms with Gasteiger partial charge in [0.1, 0.15) is 12.3 Å². The van der Waals surface area contributed by atoms with Crippen molar-refractivity contribution in [2.45, 2.75) is 20.4 Å². The lowest BCUT2D eigenvalue weighted by atomic mass is 10.0. The number of hydrogen-bond donors (Lipinski definition) is 1. The molecular formula is C17H20N6O2. The fourth-order valence-electron chi connectivity index (χ4n) is 2.81. The van der Waals surface area contributed by atoms with Crippen LogP contribution in [0.15, 0.2) is 30.5 Å². The molecule has 8 nitrogen and oxygen atoms in total. The lowest BCUT2D eigenvalue weighted by Crippen LogP contribution is -2.20. The summed E-state index contributed by atoms with van der Waals surface area (Å²) in [5, 5.41) is 15.2. The molecule has 0 aliphatic rings. The molecule has 25 heavy (non-hydrogen) atoms. The van der Waals surface area contributed by atoms with E-state index in [0.717, 1.165) is 28.3 Å². The standard InChI is InChI=1S/C17H20N6O2/c1-11-17(13-7-5-6-8-14(13)25-4)12(2)23(20-11)10-16(24)19-15-9-18-22(3)21-15/h5-9H,10H2,1-4H3,(H,19,21,24). The summed E-state index contributed by atoms with van der Waals surface area (Å²) in [5.74, 6) is 0.980. The summed E-state index contributed by atoms with van der Waals surface area (Å²) in [6, 6.07) is 7.77. The minimum atomic E-state index is -0.210. The Morgan fingerprint density at radius 1 is 1.24 bits per heavy atom. The number of carbonyl (C=O) groups is 1. The molecule has 0 fully saturated rings. The third kappa shape index (κ3) is 3.37. The average Bonchev–Trinajstić information content (AvgIpc) is 3.10. The Balaban J connectivity index is 1.85. The monoisotopic (exact) mass is 340 g/mol. The molecule has 0 saturated carbocycles. The molecule has 0 radical (unpaired) electrons. The minimum absolute atomic E-state index is 0.0956. The van der Waals surface area contributed by atoms with Crippen LogP contribution < -0.4 is 10.1 Å². The van der Waals surface area contributed by atoms with Crippen LogP contribution in [0.25, 0.3) is 11.1 Å². The van der Waals surface area contributed by atoms with Gasteiger partial charge in [-0.15, -0.1) is 5.10 Å². The number of aryl methyl sites for hydroxylation is 2. The minimum Gasteiger partial charge on any atom is -0.496 e. The summed E-state index contributed by atoms with van der Waals surface area (Å²) in [6.45, 7) is 3.96. The fourth-order valence-corrected chi connectivity index (χ4v) is 2.81. The van der Waals surface area contributed by atoms with Crippen LogP contribution >= 0.6 is 0 Å². The normalized spacial score (nSPS) is 10.7. The number of ether oxygens (including phenoxy) is 1. The van der Waals surface area contributed by atoms with Crippen LogP contribution in [0.1, 0.15) is 11.4 Å². The lowest BCUT2D eigenvalue weighted by Gasteiger charge is -2.09. The largest absolute Gasteiger partial charge is 0.496 e. The smallest absolute Gasteiger partial charge is 0.247 e. The third-order valence-corrected chi connectivity index (χ3v) is 3.92. The van der Waals surface area contributed by atoms with E-state index in [1.165, 1.54) is 11.0 Å². The Bertz CT molecular complexity index is 912. The molecule has 0 aliphatic heterocycles. The quantitative estimate of drug-likeness (QED) is 0.767. The molecule has 2 aromatic heterocycles. The molecule has 0 spiro atoms. The van der Waals surface area contributed by atoms with Crippen molar-refractivity contribution < 1.29 is 9.53 Å². The number of amides is 1. The number of nitrogens with zero attached hydrogens (tertiary/aromatic N) is 5. The Hall–Kier alpha value is -3.16. The number of rotatable bonds is 5. The number of carbonyl (C=O) groups excluding carboxylic acids is 1. The first-order chi connectivity index (χ1) is 12.0. The molecule has 1 N–H and O–H groups in total. The molecule has 3 aromatic rings. The van der Waals surface area contributed by atoms with Crippen molar-refractivity contribution in [2.75, 3.05) is 12.4 Å². The molecule has 2 heterocycles. The van der Waals surface area contributed by atoms with Crippen LogP contribution in [-0.2, 0) is 18.4 Å². The average molecular weight is 340 g/mol. The van der Waals surface area contributed by atoms with Crippen molar-refractivity contribution in [3.63, 3.8) is 0 Å². The van der Waals surface area contributed by atoms with E-state index >= 15 is 0 Å². The van der Waals surface area contributed by atoms with Gasteiger partial charge in [-0.2, -0.15) is 15.0 Å². The Morgan fingerprint density at radius 3 is 2.68 bits per heavy atom. The highest BCUT2D eigenvalue weighted by molar-refractivity contribution is 5.89. The number of nitrogens with one attached hydrogen (secondary N) is 1. The Morgan fingerprint density at radius 2 is 2.00 bits per heavy atom. The van der Waals surface area contributed by atoms with Crippen LogP contribution in [0.4, 0.5) is 5.82 Å². The van der Waals surface area contributed by atoms with Gasteiger partial charge in [-0.3, -0.25) is 9.48 Å². The number of anilines is 1. The first-order valence-electron chi connectivity index (χ1n) is 7.83. The molecule has 0 unspecified atom stereocenters. The van der Waals surface area contributed by atoms with Crippen molar-refractivity contribution in [3.8, 4) is 16.9 Å². The summed E-state index contributed by atoms with van der Waals surface area (Å²) in [5.41, 5.74) is 3.68. The van der Waals surface area contributed by atoms with E-state index in [1.807, 2.05) is 38.1 Å². The van der Waals surface area contributed by atoms with Gasteiger partial charge in [0, 0.05) is 23.9 Å². The van der Waals surface area contributed by atoms with E-state index in [2.05, 4.69) is 20.6 Å². The van der Waals surface area contributed by atoms with Crippen LogP contribution in [-0.4, -0.2) is 37.8 Å². The van der Waals surface area contributed by atoms with E-state index in [-0.39, 0.29) is 12.5 Å². The first kappa shape index (κ1) is 16.7. The maximum Gasteiger partial charge on any atom is 0.247 e. The number of aromatic nitrogens is 5. The SMILES string of the molecule is COc1ccccc1-c1c(C)nn(CC(=O)Nc2cnn(C)n2)c1C. The van der Waals surface area contributed by atoms with Gasteiger partial charge < -0.3 is 10.1 Å². The zero-order valence-corrected chi connectivity index (χ0v) is 14.6. The summed E-state index contributed by atoms with van der Waals surface area (Å²) in [6.07, 6.45) is 1.50. The summed E-state index contributed by atoms with van der Waals surface area (Å²) in [4.78, 5) is 13.6. The van der Waals surface area contributed by atoms with Gasteiger partial charge >= 0.3 is 0 Å². The van der Waals surface area contributed by atoms with Crippen molar-refractivity contribution >= 4 is 11.7 Å². The van der Waals surface area contributed by atoms with Crippen molar-refractivity contribution in [1.29, 1.82) is 0 Å². The zero-order valence-electron chi connectivity index (χ0n) is 14.6. The maximum atomic E-state index is 12.2. The molecule has 0 saturated heterocycles. The van der Waals surface area contributed by atoms with Crippen molar-refractivity contribution in [2.24, 2.45) is 7.05 Å². The highest BCUT2D eigenvalue weighted by Crippen LogP contribution is 2.34. The molecule has 0 aliphatic carbocycles. The highest BCUT2D eigenvalue weighted by atomic mass is 16.5. The van der Waals surface area contributed by atoms with E-state index in [0.29, 0.717) is 5.82 Å². The molecule has 0 bridgehead atoms. The lowest BCUT2D eigenvalue weighted by molar-refractivity contribution is -0.117. The fraction of sp³-hybridized carbons (Fsp3) is 0.294. The van der Waals surface area contributed by atoms with Crippen molar-refractivity contribution in [3.05, 3.63) is 41.9 Å². The predicted molar refractivity (Wildman–Crippen MR) is 93.3 cm³/mol. The molecule has 0 atom stereocenters. The van der Waals surface area contributed by atoms with Gasteiger partial charge in [0.15, 0.2) is 5.82 Å². The second kappa shape index (κ2) is 6.76. The first-order valence-corrected chi connectivity index (χ1v) is 7.83. The summed E-state index contributed by atoms with van der Waals surface area (Å²) < 4.78 is 7.13. The maximum absolute atomic E-state index is 12.2. The van der Waals surface area contributed by atoms with Gasteiger partial charge in [0.2, 0.25) is 5.91 Å². The van der Waals surface area contributed by atoms with Crippen LogP contribution in [0, 0.1) is 13.8 Å². The van der Waals surface area contributed by atoms with Crippen LogP contribution in [0.5, 0.6) is 5.75 Å². The molecule has 130 valence electrons. The van der Waals surface area contributed by atoms with E-state index in [1.54, 1.807) is 18.8 Å². The van der Waals surface area contributed by atoms with Gasteiger partial charge in [-0.25, -0.2) is 0 Å². The van der Waals surface area contributed by atoms with Gasteiger partial charge in [0.25, 0.3) is 0 Å². The van der Waals surface area contributed by atoms with Gasteiger partial charge in [-0.05, 0) is 19.9 Å².